The predicted octanol–water partition coefficient (Wildman–Crippen LogP) is 1.01. The third-order valence-corrected chi connectivity index (χ3v) is 2.49. The number of hydrogen-bond acceptors (Lipinski definition) is 3. The minimum absolute atomic E-state index is 0.165. The van der Waals surface area contributed by atoms with Crippen molar-refractivity contribution in [2.24, 2.45) is 0 Å². The summed E-state index contributed by atoms with van der Waals surface area (Å²) in [6, 6.07) is 10.2. The number of aliphatic hydroxyl groups excluding tert-OH is 1. The van der Waals surface area contributed by atoms with Crippen molar-refractivity contribution in [3.63, 3.8) is 0 Å². The average Bonchev–Trinajstić information content (AvgIpc) is 2.79. The fraction of sp³-hybridized carbons (Fsp3) is 0.308. The molecule has 2 rings (SSSR count). The number of aliphatic hydroxyl groups is 1. The van der Waals surface area contributed by atoms with Crippen LogP contribution in [0, 0.1) is 0 Å². The molecule has 0 amide bonds. The Balaban J connectivity index is 1.90. The van der Waals surface area contributed by atoms with Gasteiger partial charge in [-0.1, -0.05) is 30.3 Å². The molecule has 1 aromatic heterocycles. The maximum atomic E-state index is 8.66. The Hall–Kier alpha value is -1.65. The van der Waals surface area contributed by atoms with E-state index in [1.54, 1.807) is 0 Å². The second-order valence-electron chi connectivity index (χ2n) is 3.93. The van der Waals surface area contributed by atoms with Crippen molar-refractivity contribution >= 4 is 0 Å². The van der Waals surface area contributed by atoms with Gasteiger partial charge in [-0.2, -0.15) is 5.10 Å². The number of nitrogens with one attached hydrogen (secondary N) is 1. The van der Waals surface area contributed by atoms with Crippen LogP contribution in [0.15, 0.2) is 42.7 Å². The van der Waals surface area contributed by atoms with Gasteiger partial charge in [-0.15, -0.1) is 0 Å². The van der Waals surface area contributed by atoms with Crippen LogP contribution in [-0.2, 0) is 13.1 Å². The van der Waals surface area contributed by atoms with Crippen molar-refractivity contribution in [1.29, 1.82) is 0 Å². The van der Waals surface area contributed by atoms with Gasteiger partial charge in [0, 0.05) is 24.8 Å². The summed E-state index contributed by atoms with van der Waals surface area (Å²) in [4.78, 5) is 0. The molecule has 0 atom stereocenters. The van der Waals surface area contributed by atoms with Gasteiger partial charge in [-0.05, 0) is 5.56 Å². The lowest BCUT2D eigenvalue weighted by molar-refractivity contribution is 0.292. The summed E-state index contributed by atoms with van der Waals surface area (Å²) in [7, 11) is 0. The van der Waals surface area contributed by atoms with Crippen LogP contribution in [0.2, 0.25) is 0 Å². The zero-order valence-corrected chi connectivity index (χ0v) is 9.71. The number of benzene rings is 1. The smallest absolute Gasteiger partial charge is 0.0659 e. The summed E-state index contributed by atoms with van der Waals surface area (Å²) in [5, 5.41) is 16.1. The third kappa shape index (κ3) is 3.69. The second kappa shape index (κ2) is 6.18. The molecule has 1 aromatic carbocycles. The topological polar surface area (TPSA) is 50.1 Å². The maximum Gasteiger partial charge on any atom is 0.0659 e. The summed E-state index contributed by atoms with van der Waals surface area (Å²) in [5.74, 6) is 0. The van der Waals surface area contributed by atoms with E-state index in [1.165, 1.54) is 5.56 Å². The fourth-order valence-corrected chi connectivity index (χ4v) is 1.67. The molecular formula is C13H17N3O. The van der Waals surface area contributed by atoms with Gasteiger partial charge in [0.05, 0.1) is 19.3 Å². The van der Waals surface area contributed by atoms with E-state index in [0.29, 0.717) is 6.54 Å². The molecule has 0 saturated heterocycles. The first-order chi connectivity index (χ1) is 8.38. The summed E-state index contributed by atoms with van der Waals surface area (Å²) in [6.45, 7) is 2.32. The Morgan fingerprint density at radius 2 is 2.00 bits per heavy atom. The Kier molecular flexibility index (Phi) is 4.30. The Morgan fingerprint density at radius 3 is 2.76 bits per heavy atom. The van der Waals surface area contributed by atoms with Crippen LogP contribution in [0.3, 0.4) is 0 Å². The van der Waals surface area contributed by atoms with Crippen molar-refractivity contribution in [3.05, 3.63) is 53.9 Å². The van der Waals surface area contributed by atoms with Crippen LogP contribution in [0.1, 0.15) is 11.1 Å². The van der Waals surface area contributed by atoms with Gasteiger partial charge in [-0.3, -0.25) is 4.68 Å². The zero-order valence-electron chi connectivity index (χ0n) is 9.71. The number of aromatic nitrogens is 2. The molecule has 90 valence electrons. The monoisotopic (exact) mass is 231 g/mol. The summed E-state index contributed by atoms with van der Waals surface area (Å²) in [6.07, 6.45) is 3.88. The van der Waals surface area contributed by atoms with Crippen molar-refractivity contribution in [2.45, 2.75) is 13.1 Å². The minimum Gasteiger partial charge on any atom is -0.395 e. The molecule has 0 aliphatic rings. The lowest BCUT2D eigenvalue weighted by Gasteiger charge is -2.01. The van der Waals surface area contributed by atoms with E-state index < -0.39 is 0 Å². The molecule has 17 heavy (non-hydrogen) atoms. The van der Waals surface area contributed by atoms with E-state index in [-0.39, 0.29) is 6.61 Å². The molecule has 0 radical (unpaired) electrons. The molecule has 4 heteroatoms. The Bertz CT molecular complexity index is 439. The van der Waals surface area contributed by atoms with Crippen molar-refractivity contribution in [3.8, 4) is 0 Å². The highest BCUT2D eigenvalue weighted by atomic mass is 16.3. The molecule has 0 aliphatic heterocycles. The predicted molar refractivity (Wildman–Crippen MR) is 66.6 cm³/mol. The van der Waals surface area contributed by atoms with Gasteiger partial charge in [-0.25, -0.2) is 0 Å². The molecule has 0 saturated carbocycles. The largest absolute Gasteiger partial charge is 0.395 e. The molecule has 0 bridgehead atoms. The summed E-state index contributed by atoms with van der Waals surface area (Å²) in [5.41, 5.74) is 2.37. The molecule has 4 nitrogen and oxygen atoms in total. The first-order valence-corrected chi connectivity index (χ1v) is 5.75. The van der Waals surface area contributed by atoms with E-state index in [0.717, 1.165) is 18.7 Å². The van der Waals surface area contributed by atoms with E-state index in [4.69, 9.17) is 5.11 Å². The van der Waals surface area contributed by atoms with Crippen LogP contribution >= 0.6 is 0 Å². The standard InChI is InChI=1S/C13H17N3O/c17-7-6-14-8-13-9-15-16(11-13)10-12-4-2-1-3-5-12/h1-5,9,11,14,17H,6-8,10H2. The minimum atomic E-state index is 0.165. The van der Waals surface area contributed by atoms with Gasteiger partial charge in [0.15, 0.2) is 0 Å². The van der Waals surface area contributed by atoms with E-state index in [2.05, 4.69) is 22.5 Å². The summed E-state index contributed by atoms with van der Waals surface area (Å²) < 4.78 is 1.92. The van der Waals surface area contributed by atoms with Gasteiger partial charge in [0.1, 0.15) is 0 Å². The molecule has 0 unspecified atom stereocenters. The van der Waals surface area contributed by atoms with Crippen LogP contribution in [0.4, 0.5) is 0 Å². The lowest BCUT2D eigenvalue weighted by atomic mass is 10.2. The zero-order chi connectivity index (χ0) is 11.9. The van der Waals surface area contributed by atoms with E-state index >= 15 is 0 Å². The first-order valence-electron chi connectivity index (χ1n) is 5.75. The highest BCUT2D eigenvalue weighted by Crippen LogP contribution is 2.03. The highest BCUT2D eigenvalue weighted by molar-refractivity contribution is 5.15. The Labute approximate surface area is 101 Å². The molecule has 1 heterocycles. The molecule has 0 aliphatic carbocycles. The molecule has 2 aromatic rings. The first kappa shape index (κ1) is 11.8. The Morgan fingerprint density at radius 1 is 1.18 bits per heavy atom. The van der Waals surface area contributed by atoms with Gasteiger partial charge >= 0.3 is 0 Å². The third-order valence-electron chi connectivity index (χ3n) is 2.49. The quantitative estimate of drug-likeness (QED) is 0.730. The molecular weight excluding hydrogens is 214 g/mol. The SMILES string of the molecule is OCCNCc1cnn(Cc2ccccc2)c1. The molecule has 2 N–H and O–H groups in total. The van der Waals surface area contributed by atoms with E-state index in [9.17, 15) is 0 Å². The number of rotatable bonds is 6. The average molecular weight is 231 g/mol. The maximum absolute atomic E-state index is 8.66. The number of hydrogen-bond donors (Lipinski definition) is 2. The van der Waals surface area contributed by atoms with Gasteiger partial charge in [0.25, 0.3) is 0 Å². The van der Waals surface area contributed by atoms with Crippen molar-refractivity contribution in [2.75, 3.05) is 13.2 Å². The second-order valence-corrected chi connectivity index (χ2v) is 3.93. The molecule has 0 spiro atoms. The fourth-order valence-electron chi connectivity index (χ4n) is 1.67. The van der Waals surface area contributed by atoms with Crippen molar-refractivity contribution in [1.82, 2.24) is 15.1 Å². The van der Waals surface area contributed by atoms with Crippen molar-refractivity contribution < 1.29 is 5.11 Å². The van der Waals surface area contributed by atoms with Crippen LogP contribution in [0.5, 0.6) is 0 Å². The van der Waals surface area contributed by atoms with Gasteiger partial charge < -0.3 is 10.4 Å². The number of nitrogens with zero attached hydrogens (tertiary/aromatic N) is 2. The highest BCUT2D eigenvalue weighted by Gasteiger charge is 1.99. The van der Waals surface area contributed by atoms with E-state index in [1.807, 2.05) is 35.3 Å². The normalized spacial score (nSPS) is 10.6. The van der Waals surface area contributed by atoms with Crippen LogP contribution < -0.4 is 5.32 Å². The molecule has 0 fully saturated rings. The van der Waals surface area contributed by atoms with Gasteiger partial charge in [0.2, 0.25) is 0 Å². The lowest BCUT2D eigenvalue weighted by Crippen LogP contribution is -2.17. The van der Waals surface area contributed by atoms with Crippen LogP contribution in [-0.4, -0.2) is 28.0 Å². The summed E-state index contributed by atoms with van der Waals surface area (Å²) >= 11 is 0. The van der Waals surface area contributed by atoms with Crippen LogP contribution in [0.25, 0.3) is 0 Å².